The van der Waals surface area contributed by atoms with Gasteiger partial charge >= 0.3 is 6.03 Å². The van der Waals surface area contributed by atoms with E-state index >= 15 is 0 Å². The smallest absolute Gasteiger partial charge is 0.315 e. The molecular weight excluding hydrogens is 384 g/mol. The van der Waals surface area contributed by atoms with Crippen LogP contribution < -0.4 is 15.4 Å². The molecule has 7 heteroatoms. The standard InChI is InChI=1S/C22H26N4O2S/c1-25-11-8-18-19(21(29-20(18)15-25)26-9-3-4-10-26)14-24-22(27)23-13-16-6-5-7-17(12-16)28-2/h3-7,9-10,12H,8,11,13-15H2,1-2H3,(H2,23,24,27). The number of thiophene rings is 1. The van der Waals surface area contributed by atoms with Crippen LogP contribution in [0.25, 0.3) is 5.00 Å². The molecule has 3 aromatic rings. The molecule has 3 heterocycles. The Morgan fingerprint density at radius 2 is 1.97 bits per heavy atom. The monoisotopic (exact) mass is 410 g/mol. The predicted molar refractivity (Wildman–Crippen MR) is 116 cm³/mol. The highest BCUT2D eigenvalue weighted by Gasteiger charge is 2.23. The van der Waals surface area contributed by atoms with E-state index in [2.05, 4.69) is 39.5 Å². The summed E-state index contributed by atoms with van der Waals surface area (Å²) < 4.78 is 7.38. The maximum absolute atomic E-state index is 12.4. The Hall–Kier alpha value is -2.77. The summed E-state index contributed by atoms with van der Waals surface area (Å²) in [7, 11) is 3.79. The topological polar surface area (TPSA) is 58.5 Å². The van der Waals surface area contributed by atoms with Crippen LogP contribution in [0.1, 0.15) is 21.6 Å². The molecule has 0 saturated heterocycles. The summed E-state index contributed by atoms with van der Waals surface area (Å²) in [4.78, 5) is 16.2. The molecular formula is C22H26N4O2S. The highest BCUT2D eigenvalue weighted by atomic mass is 32.1. The van der Waals surface area contributed by atoms with Crippen molar-refractivity contribution in [3.05, 3.63) is 70.4 Å². The Labute approximate surface area is 175 Å². The first-order valence-corrected chi connectivity index (χ1v) is 10.6. The molecule has 0 saturated carbocycles. The van der Waals surface area contributed by atoms with Gasteiger partial charge in [0.25, 0.3) is 0 Å². The molecule has 4 rings (SSSR count). The number of benzene rings is 1. The molecule has 2 N–H and O–H groups in total. The minimum atomic E-state index is -0.167. The van der Waals surface area contributed by atoms with Crippen molar-refractivity contribution in [2.45, 2.75) is 26.1 Å². The molecule has 0 spiro atoms. The molecule has 0 atom stereocenters. The zero-order valence-corrected chi connectivity index (χ0v) is 17.6. The quantitative estimate of drug-likeness (QED) is 0.654. The number of nitrogens with one attached hydrogen (secondary N) is 2. The van der Waals surface area contributed by atoms with Gasteiger partial charge in [-0.3, -0.25) is 0 Å². The number of carbonyl (C=O) groups is 1. The fourth-order valence-corrected chi connectivity index (χ4v) is 5.05. The lowest BCUT2D eigenvalue weighted by Crippen LogP contribution is -2.35. The Morgan fingerprint density at radius 1 is 1.17 bits per heavy atom. The third-order valence-electron chi connectivity index (χ3n) is 5.19. The summed E-state index contributed by atoms with van der Waals surface area (Å²) in [5.74, 6) is 0.788. The van der Waals surface area contributed by atoms with Gasteiger partial charge in [0.1, 0.15) is 10.8 Å². The first-order chi connectivity index (χ1) is 14.1. The predicted octanol–water partition coefficient (Wildman–Crippen LogP) is 3.53. The lowest BCUT2D eigenvalue weighted by atomic mass is 10.0. The first kappa shape index (κ1) is 19.5. The van der Waals surface area contributed by atoms with E-state index in [1.807, 2.05) is 47.7 Å². The maximum Gasteiger partial charge on any atom is 0.315 e. The lowest BCUT2D eigenvalue weighted by Gasteiger charge is -2.22. The summed E-state index contributed by atoms with van der Waals surface area (Å²) >= 11 is 1.83. The molecule has 1 aliphatic rings. The number of amides is 2. The van der Waals surface area contributed by atoms with E-state index < -0.39 is 0 Å². The summed E-state index contributed by atoms with van der Waals surface area (Å²) in [5.41, 5.74) is 3.62. The minimum Gasteiger partial charge on any atom is -0.497 e. The van der Waals surface area contributed by atoms with Gasteiger partial charge in [-0.2, -0.15) is 0 Å². The fraction of sp³-hybridized carbons (Fsp3) is 0.318. The average molecular weight is 411 g/mol. The second-order valence-electron chi connectivity index (χ2n) is 7.25. The summed E-state index contributed by atoms with van der Waals surface area (Å²) in [6.45, 7) is 2.99. The minimum absolute atomic E-state index is 0.167. The number of ether oxygens (including phenoxy) is 1. The molecule has 2 amide bonds. The molecule has 152 valence electrons. The Morgan fingerprint density at radius 3 is 2.76 bits per heavy atom. The van der Waals surface area contributed by atoms with Crippen molar-refractivity contribution in [3.8, 4) is 10.8 Å². The van der Waals surface area contributed by atoms with Gasteiger partial charge < -0.3 is 24.8 Å². The van der Waals surface area contributed by atoms with Crippen molar-refractivity contribution in [3.63, 3.8) is 0 Å². The van der Waals surface area contributed by atoms with Crippen LogP contribution in [0, 0.1) is 0 Å². The molecule has 6 nitrogen and oxygen atoms in total. The number of fused-ring (bicyclic) bond motifs is 1. The highest BCUT2D eigenvalue weighted by Crippen LogP contribution is 2.35. The van der Waals surface area contributed by atoms with Gasteiger partial charge in [0.15, 0.2) is 0 Å². The average Bonchev–Trinajstić information content (AvgIpc) is 3.38. The van der Waals surface area contributed by atoms with Crippen LogP contribution in [0.15, 0.2) is 48.8 Å². The molecule has 0 bridgehead atoms. The molecule has 1 aromatic carbocycles. The van der Waals surface area contributed by atoms with Crippen LogP contribution in [0.5, 0.6) is 5.75 Å². The van der Waals surface area contributed by atoms with Gasteiger partial charge in [0.2, 0.25) is 0 Å². The van der Waals surface area contributed by atoms with Gasteiger partial charge in [-0.05, 0) is 48.9 Å². The van der Waals surface area contributed by atoms with Crippen molar-refractivity contribution in [1.29, 1.82) is 0 Å². The Bertz CT molecular complexity index is 981. The lowest BCUT2D eigenvalue weighted by molar-refractivity contribution is 0.240. The second kappa shape index (κ2) is 8.71. The highest BCUT2D eigenvalue weighted by molar-refractivity contribution is 7.14. The molecule has 0 unspecified atom stereocenters. The number of rotatable bonds is 6. The van der Waals surface area contributed by atoms with Gasteiger partial charge in [0.05, 0.1) is 7.11 Å². The van der Waals surface area contributed by atoms with Crippen LogP contribution in [-0.2, 0) is 26.1 Å². The van der Waals surface area contributed by atoms with E-state index in [4.69, 9.17) is 4.74 Å². The van der Waals surface area contributed by atoms with Crippen LogP contribution in [-0.4, -0.2) is 36.2 Å². The van der Waals surface area contributed by atoms with E-state index in [0.29, 0.717) is 13.1 Å². The zero-order valence-electron chi connectivity index (χ0n) is 16.8. The van der Waals surface area contributed by atoms with Gasteiger partial charge in [-0.1, -0.05) is 12.1 Å². The van der Waals surface area contributed by atoms with E-state index in [1.165, 1.54) is 21.0 Å². The molecule has 0 aliphatic carbocycles. The van der Waals surface area contributed by atoms with E-state index in [1.54, 1.807) is 7.11 Å². The third kappa shape index (κ3) is 4.46. The van der Waals surface area contributed by atoms with Gasteiger partial charge in [-0.15, -0.1) is 11.3 Å². The molecule has 0 radical (unpaired) electrons. The van der Waals surface area contributed by atoms with E-state index in [-0.39, 0.29) is 6.03 Å². The SMILES string of the molecule is COc1cccc(CNC(=O)NCc2c(-n3cccc3)sc3c2CCN(C)C3)c1. The number of likely N-dealkylation sites (N-methyl/N-ethyl adjacent to an activating group) is 1. The van der Waals surface area contributed by atoms with Gasteiger partial charge in [0, 0.05) is 49.0 Å². The number of hydrogen-bond acceptors (Lipinski definition) is 4. The van der Waals surface area contributed by atoms with Crippen molar-refractivity contribution in [2.75, 3.05) is 20.7 Å². The van der Waals surface area contributed by atoms with Crippen molar-refractivity contribution in [2.24, 2.45) is 0 Å². The maximum atomic E-state index is 12.4. The van der Waals surface area contributed by atoms with Crippen molar-refractivity contribution in [1.82, 2.24) is 20.1 Å². The summed E-state index contributed by atoms with van der Waals surface area (Å²) in [6, 6.07) is 11.6. The summed E-state index contributed by atoms with van der Waals surface area (Å²) in [5, 5.41) is 7.18. The van der Waals surface area contributed by atoms with Crippen molar-refractivity contribution >= 4 is 17.4 Å². The fourth-order valence-electron chi connectivity index (χ4n) is 3.64. The molecule has 29 heavy (non-hydrogen) atoms. The van der Waals surface area contributed by atoms with E-state index in [0.717, 1.165) is 30.8 Å². The van der Waals surface area contributed by atoms with Crippen LogP contribution in [0.2, 0.25) is 0 Å². The number of nitrogens with zero attached hydrogens (tertiary/aromatic N) is 2. The molecule has 1 aliphatic heterocycles. The van der Waals surface area contributed by atoms with Crippen LogP contribution in [0.4, 0.5) is 4.79 Å². The number of methoxy groups -OCH3 is 1. The first-order valence-electron chi connectivity index (χ1n) is 9.74. The third-order valence-corrected chi connectivity index (χ3v) is 6.46. The largest absolute Gasteiger partial charge is 0.497 e. The second-order valence-corrected chi connectivity index (χ2v) is 8.34. The summed E-state index contributed by atoms with van der Waals surface area (Å²) in [6.07, 6.45) is 5.15. The number of hydrogen-bond donors (Lipinski definition) is 2. The van der Waals surface area contributed by atoms with Crippen molar-refractivity contribution < 1.29 is 9.53 Å². The number of urea groups is 1. The molecule has 2 aromatic heterocycles. The normalized spacial score (nSPS) is 13.7. The Kier molecular flexibility index (Phi) is 5.87. The van der Waals surface area contributed by atoms with Crippen LogP contribution >= 0.6 is 11.3 Å². The molecule has 0 fully saturated rings. The van der Waals surface area contributed by atoms with Crippen LogP contribution in [0.3, 0.4) is 0 Å². The number of carbonyl (C=O) groups excluding carboxylic acids is 1. The number of aromatic nitrogens is 1. The van der Waals surface area contributed by atoms with Gasteiger partial charge in [-0.25, -0.2) is 4.79 Å². The zero-order chi connectivity index (χ0) is 20.2. The Balaban J connectivity index is 1.44. The van der Waals surface area contributed by atoms with E-state index in [9.17, 15) is 4.79 Å².